The lowest BCUT2D eigenvalue weighted by atomic mass is 9.97. The Morgan fingerprint density at radius 2 is 1.43 bits per heavy atom. The topological polar surface area (TPSA) is 285 Å². The summed E-state index contributed by atoms with van der Waals surface area (Å²) in [5, 5.41) is 92.8. The van der Waals surface area contributed by atoms with E-state index in [0.29, 0.717) is 51.5 Å². The van der Waals surface area contributed by atoms with E-state index >= 15 is 0 Å². The number of unbranched alkanes of at least 4 members (excludes halogenated alkanes) is 3. The Kier molecular flexibility index (Phi) is 21.6. The fourth-order valence-corrected chi connectivity index (χ4v) is 4.73. The van der Waals surface area contributed by atoms with E-state index in [-0.39, 0.29) is 43.7 Å². The van der Waals surface area contributed by atoms with Crippen molar-refractivity contribution in [1.82, 2.24) is 10.6 Å². The minimum Gasteiger partial charge on any atom is -0.396 e. The van der Waals surface area contributed by atoms with E-state index in [1.54, 1.807) is 0 Å². The fraction of sp³-hybridized carbons (Fsp3) is 0.900. The van der Waals surface area contributed by atoms with Crippen molar-refractivity contribution in [2.24, 2.45) is 5.92 Å². The predicted octanol–water partition coefficient (Wildman–Crippen LogP) is -3.45. The van der Waals surface area contributed by atoms with Crippen molar-refractivity contribution in [3.63, 3.8) is 0 Å². The number of ether oxygens (including phenoxy) is 3. The molecule has 1 saturated heterocycles. The van der Waals surface area contributed by atoms with Crippen LogP contribution in [0.1, 0.15) is 71.6 Å². The molecule has 47 heavy (non-hydrogen) atoms. The first-order valence-electron chi connectivity index (χ1n) is 16.2. The number of amides is 2. The zero-order valence-corrected chi connectivity index (χ0v) is 27.2. The summed E-state index contributed by atoms with van der Waals surface area (Å²) >= 11 is 0. The Bertz CT molecular complexity index is 897. The fourth-order valence-electron chi connectivity index (χ4n) is 4.73. The molecule has 276 valence electrons. The zero-order valence-electron chi connectivity index (χ0n) is 27.2. The second kappa shape index (κ2) is 23.5. The van der Waals surface area contributed by atoms with Gasteiger partial charge in [0.25, 0.3) is 0 Å². The maximum atomic E-state index is 12.3. The number of carbonyl (C=O) groups excluding carboxylic acids is 3. The van der Waals surface area contributed by atoms with E-state index in [1.165, 1.54) is 13.8 Å². The highest BCUT2D eigenvalue weighted by atomic mass is 16.7. The van der Waals surface area contributed by atoms with Crippen LogP contribution in [0.15, 0.2) is 0 Å². The molecule has 1 fully saturated rings. The normalized spacial score (nSPS) is 25.3. The second-order valence-corrected chi connectivity index (χ2v) is 12.0. The number of nitrogens with one attached hydrogen (secondary N) is 2. The summed E-state index contributed by atoms with van der Waals surface area (Å²) in [6, 6.07) is -0.667. The molecule has 0 bridgehead atoms. The second-order valence-electron chi connectivity index (χ2n) is 12.0. The Labute approximate surface area is 274 Å². The number of rotatable bonds is 25. The van der Waals surface area contributed by atoms with Crippen molar-refractivity contribution < 1.29 is 74.6 Å². The van der Waals surface area contributed by atoms with Crippen molar-refractivity contribution in [3.8, 4) is 0 Å². The molecule has 17 nitrogen and oxygen atoms in total. The van der Waals surface area contributed by atoms with Gasteiger partial charge in [-0.3, -0.25) is 14.4 Å². The first-order chi connectivity index (χ1) is 22.2. The number of aliphatic hydroxyl groups excluding tert-OH is 9. The summed E-state index contributed by atoms with van der Waals surface area (Å²) in [5.41, 5.74) is 0. The highest BCUT2D eigenvalue weighted by Crippen LogP contribution is 2.22. The Morgan fingerprint density at radius 3 is 2.04 bits per heavy atom. The number of aliphatic hydroxyl groups is 9. The summed E-state index contributed by atoms with van der Waals surface area (Å²) in [6.45, 7) is 2.33. The molecule has 11 atom stereocenters. The lowest BCUT2D eigenvalue weighted by Gasteiger charge is -2.39. The summed E-state index contributed by atoms with van der Waals surface area (Å²) in [6.07, 6.45) is -10.0. The molecule has 0 aromatic heterocycles. The van der Waals surface area contributed by atoms with Crippen molar-refractivity contribution in [1.29, 1.82) is 0 Å². The van der Waals surface area contributed by atoms with Crippen LogP contribution in [-0.2, 0) is 28.6 Å². The summed E-state index contributed by atoms with van der Waals surface area (Å²) in [7, 11) is 0. The largest absolute Gasteiger partial charge is 0.396 e. The standard InChI is InChI=1S/C30H56N2O15/c1-17(15-33)23(38)25(40)27(42)29(44)45-13-7-4-10-21(36)31-12-6-3-9-19(18(2)35)32-22(37)11-5-8-14-46-30-28(43)26(41)24(39)20(16-34)47-30/h17,19-20,23-30,33-34,38-44H,3-16H2,1-2H3,(H,31,36)(H,32,37). The summed E-state index contributed by atoms with van der Waals surface area (Å²) < 4.78 is 15.7. The third kappa shape index (κ3) is 15.9. The molecule has 1 aliphatic rings. The predicted molar refractivity (Wildman–Crippen MR) is 163 cm³/mol. The monoisotopic (exact) mass is 684 g/mol. The smallest absolute Gasteiger partial charge is 0.220 e. The maximum Gasteiger partial charge on any atom is 0.220 e. The van der Waals surface area contributed by atoms with Gasteiger partial charge >= 0.3 is 0 Å². The Balaban J connectivity index is 2.17. The van der Waals surface area contributed by atoms with Crippen LogP contribution in [0.5, 0.6) is 0 Å². The molecule has 0 saturated carbocycles. The minimum atomic E-state index is -1.78. The maximum absolute atomic E-state index is 12.3. The molecule has 11 N–H and O–H groups in total. The third-order valence-corrected chi connectivity index (χ3v) is 7.95. The van der Waals surface area contributed by atoms with Crippen LogP contribution < -0.4 is 10.6 Å². The van der Waals surface area contributed by atoms with E-state index < -0.39 is 80.5 Å². The molecule has 1 rings (SSSR count). The molecule has 0 spiro atoms. The van der Waals surface area contributed by atoms with Crippen LogP contribution in [-0.4, -0.2) is 158 Å². The van der Waals surface area contributed by atoms with Crippen LogP contribution in [0.25, 0.3) is 0 Å². The minimum absolute atomic E-state index is 0.00203. The van der Waals surface area contributed by atoms with Crippen molar-refractivity contribution in [3.05, 3.63) is 0 Å². The van der Waals surface area contributed by atoms with Crippen LogP contribution >= 0.6 is 0 Å². The van der Waals surface area contributed by atoms with E-state index in [2.05, 4.69) is 10.6 Å². The lowest BCUT2D eigenvalue weighted by molar-refractivity contribution is -0.301. The van der Waals surface area contributed by atoms with Gasteiger partial charge < -0.3 is 70.8 Å². The van der Waals surface area contributed by atoms with Gasteiger partial charge in [0.05, 0.1) is 18.8 Å². The SMILES string of the molecule is CC(=O)C(CCCCNC(=O)CCCCOC(O)C(O)C(O)C(O)C(C)CO)NC(=O)CCCCOC1OC(CO)C(O)C(O)C1O. The average Bonchev–Trinajstić information content (AvgIpc) is 3.05. The van der Waals surface area contributed by atoms with Crippen LogP contribution in [0.3, 0.4) is 0 Å². The van der Waals surface area contributed by atoms with E-state index in [0.717, 1.165) is 0 Å². The number of carbonyl (C=O) groups is 3. The van der Waals surface area contributed by atoms with Crippen molar-refractivity contribution in [2.45, 2.75) is 133 Å². The Hall–Kier alpha value is -1.87. The molecule has 1 aliphatic heterocycles. The average molecular weight is 685 g/mol. The first kappa shape index (κ1) is 43.2. The third-order valence-electron chi connectivity index (χ3n) is 7.95. The number of hydrogen-bond acceptors (Lipinski definition) is 15. The van der Waals surface area contributed by atoms with Crippen molar-refractivity contribution in [2.75, 3.05) is 33.0 Å². The van der Waals surface area contributed by atoms with Crippen LogP contribution in [0.4, 0.5) is 0 Å². The van der Waals surface area contributed by atoms with Crippen LogP contribution in [0.2, 0.25) is 0 Å². The first-order valence-corrected chi connectivity index (χ1v) is 16.2. The molecule has 0 radical (unpaired) electrons. The summed E-state index contributed by atoms with van der Waals surface area (Å²) in [4.78, 5) is 36.4. The number of ketones is 1. The number of hydrogen-bond donors (Lipinski definition) is 11. The van der Waals surface area contributed by atoms with Gasteiger partial charge in [0.2, 0.25) is 11.8 Å². The molecule has 2 amide bonds. The molecule has 11 unspecified atom stereocenters. The molecule has 0 aromatic rings. The van der Waals surface area contributed by atoms with E-state index in [1.807, 2.05) is 0 Å². The highest BCUT2D eigenvalue weighted by Gasteiger charge is 2.44. The van der Waals surface area contributed by atoms with Crippen LogP contribution in [0, 0.1) is 5.92 Å². The molecule has 0 aromatic carbocycles. The molecule has 1 heterocycles. The van der Waals surface area contributed by atoms with Gasteiger partial charge in [-0.05, 0) is 51.9 Å². The van der Waals surface area contributed by atoms with Gasteiger partial charge in [-0.2, -0.15) is 0 Å². The van der Waals surface area contributed by atoms with Gasteiger partial charge in [-0.1, -0.05) is 6.92 Å². The molecular formula is C30H56N2O15. The van der Waals surface area contributed by atoms with Crippen molar-refractivity contribution >= 4 is 17.6 Å². The van der Waals surface area contributed by atoms with E-state index in [9.17, 15) is 55.2 Å². The lowest BCUT2D eigenvalue weighted by Crippen LogP contribution is -2.59. The van der Waals surface area contributed by atoms with Gasteiger partial charge in [0.1, 0.15) is 36.6 Å². The van der Waals surface area contributed by atoms with Gasteiger partial charge in [0.15, 0.2) is 18.4 Å². The van der Waals surface area contributed by atoms with Gasteiger partial charge in [0, 0.05) is 45.1 Å². The van der Waals surface area contributed by atoms with Gasteiger partial charge in [-0.25, -0.2) is 0 Å². The quantitative estimate of drug-likeness (QED) is 0.0329. The summed E-state index contributed by atoms with van der Waals surface area (Å²) in [5.74, 6) is -1.43. The van der Waals surface area contributed by atoms with Gasteiger partial charge in [-0.15, -0.1) is 0 Å². The Morgan fingerprint density at radius 1 is 0.787 bits per heavy atom. The molecule has 0 aliphatic carbocycles. The van der Waals surface area contributed by atoms with E-state index in [4.69, 9.17) is 19.3 Å². The highest BCUT2D eigenvalue weighted by molar-refractivity contribution is 5.87. The molecule has 17 heteroatoms. The zero-order chi connectivity index (χ0) is 35.5. The molecular weight excluding hydrogens is 628 g/mol. The number of Topliss-reactive ketones (excluding diaryl/α,β-unsaturated/α-hetero) is 1.